The molecule has 0 radical (unpaired) electrons. The summed E-state index contributed by atoms with van der Waals surface area (Å²) in [6, 6.07) is 19.7. The van der Waals surface area contributed by atoms with Gasteiger partial charge in [-0.15, -0.1) is 0 Å². The van der Waals surface area contributed by atoms with E-state index in [1.54, 1.807) is 12.0 Å². The van der Waals surface area contributed by atoms with Crippen LogP contribution in [0.3, 0.4) is 0 Å². The van der Waals surface area contributed by atoms with Crippen molar-refractivity contribution in [2.24, 2.45) is 0 Å². The molecule has 1 aliphatic heterocycles. The number of ether oxygens (including phenoxy) is 3. The Labute approximate surface area is 154 Å². The van der Waals surface area contributed by atoms with Crippen molar-refractivity contribution in [2.45, 2.75) is 38.4 Å². The molecule has 3 rings (SSSR count). The zero-order valence-electron chi connectivity index (χ0n) is 15.0. The Morgan fingerprint density at radius 3 is 2.23 bits per heavy atom. The van der Waals surface area contributed by atoms with Crippen LogP contribution in [0.4, 0.5) is 4.79 Å². The lowest BCUT2D eigenvalue weighted by molar-refractivity contribution is -0.146. The van der Waals surface area contributed by atoms with Crippen LogP contribution < -0.4 is 0 Å². The van der Waals surface area contributed by atoms with E-state index in [1.807, 2.05) is 60.7 Å². The lowest BCUT2D eigenvalue weighted by atomic mass is 10.1. The molecule has 1 amide bonds. The summed E-state index contributed by atoms with van der Waals surface area (Å²) in [5, 5.41) is 0. The van der Waals surface area contributed by atoms with Gasteiger partial charge in [0.2, 0.25) is 0 Å². The second-order valence-corrected chi connectivity index (χ2v) is 6.34. The summed E-state index contributed by atoms with van der Waals surface area (Å²) in [5.41, 5.74) is 2.06. The fraction of sp³-hybridized carbons (Fsp3) is 0.381. The van der Waals surface area contributed by atoms with E-state index in [0.29, 0.717) is 13.2 Å². The Kier molecular flexibility index (Phi) is 6.63. The lowest BCUT2D eigenvalue weighted by Gasteiger charge is -2.39. The maximum absolute atomic E-state index is 12.5. The highest BCUT2D eigenvalue weighted by atomic mass is 16.6. The number of hydrogen-bond acceptors (Lipinski definition) is 4. The van der Waals surface area contributed by atoms with Crippen molar-refractivity contribution in [1.82, 2.24) is 4.90 Å². The minimum atomic E-state index is -0.435. The molecule has 1 saturated heterocycles. The molecular formula is C21H25NO4. The van der Waals surface area contributed by atoms with Gasteiger partial charge in [-0.25, -0.2) is 4.79 Å². The third-order valence-corrected chi connectivity index (χ3v) is 4.50. The summed E-state index contributed by atoms with van der Waals surface area (Å²) in [6.07, 6.45) is 0.746. The van der Waals surface area contributed by atoms with E-state index >= 15 is 0 Å². The molecule has 2 atom stereocenters. The van der Waals surface area contributed by atoms with Gasteiger partial charge in [0.25, 0.3) is 0 Å². The zero-order valence-corrected chi connectivity index (χ0v) is 15.0. The fourth-order valence-corrected chi connectivity index (χ4v) is 3.15. The van der Waals surface area contributed by atoms with Crippen LogP contribution in [-0.2, 0) is 27.4 Å². The Hall–Kier alpha value is -2.37. The van der Waals surface area contributed by atoms with Crippen LogP contribution in [0.1, 0.15) is 24.0 Å². The van der Waals surface area contributed by atoms with Gasteiger partial charge in [0.15, 0.2) is 6.23 Å². The van der Waals surface area contributed by atoms with Crippen molar-refractivity contribution in [3.05, 3.63) is 71.8 Å². The highest BCUT2D eigenvalue weighted by Gasteiger charge is 2.36. The summed E-state index contributed by atoms with van der Waals surface area (Å²) >= 11 is 0. The minimum absolute atomic E-state index is 0.168. The van der Waals surface area contributed by atoms with Gasteiger partial charge in [0, 0.05) is 13.7 Å². The molecule has 1 aliphatic rings. The molecule has 1 fully saturated rings. The quantitative estimate of drug-likeness (QED) is 0.786. The first-order valence-corrected chi connectivity index (χ1v) is 8.93. The van der Waals surface area contributed by atoms with Crippen LogP contribution in [0.15, 0.2) is 60.7 Å². The SMILES string of the molecule is CO[C@H]1[C@H](OCc2ccccc2)CCCN1C(=O)OCc1ccccc1. The fourth-order valence-electron chi connectivity index (χ4n) is 3.15. The third kappa shape index (κ3) is 4.84. The van der Waals surface area contributed by atoms with Crippen molar-refractivity contribution >= 4 is 6.09 Å². The number of piperidine rings is 1. The number of amides is 1. The second kappa shape index (κ2) is 9.36. The van der Waals surface area contributed by atoms with E-state index in [0.717, 1.165) is 24.0 Å². The molecule has 2 aromatic rings. The third-order valence-electron chi connectivity index (χ3n) is 4.50. The van der Waals surface area contributed by atoms with E-state index < -0.39 is 6.23 Å². The topological polar surface area (TPSA) is 48.0 Å². The number of hydrogen-bond donors (Lipinski definition) is 0. The Bertz CT molecular complexity index is 677. The Balaban J connectivity index is 1.57. The molecule has 0 aromatic heterocycles. The largest absolute Gasteiger partial charge is 0.444 e. The number of likely N-dealkylation sites (tertiary alicyclic amines) is 1. The number of nitrogens with zero attached hydrogens (tertiary/aromatic N) is 1. The molecule has 0 saturated carbocycles. The highest BCUT2D eigenvalue weighted by molar-refractivity contribution is 5.68. The number of methoxy groups -OCH3 is 1. The molecule has 0 unspecified atom stereocenters. The average Bonchev–Trinajstić information content (AvgIpc) is 2.71. The molecule has 1 heterocycles. The summed E-state index contributed by atoms with van der Waals surface area (Å²) in [7, 11) is 1.60. The molecular weight excluding hydrogens is 330 g/mol. The van der Waals surface area contributed by atoms with E-state index in [4.69, 9.17) is 14.2 Å². The molecule has 0 spiro atoms. The van der Waals surface area contributed by atoms with Gasteiger partial charge in [-0.2, -0.15) is 0 Å². The standard InChI is InChI=1S/C21H25NO4/c1-24-20-19(25-15-17-9-4-2-5-10-17)13-8-14-22(20)21(23)26-16-18-11-6-3-7-12-18/h2-7,9-12,19-20H,8,13-16H2,1H3/t19-,20+/m1/s1. The number of benzene rings is 2. The number of carbonyl (C=O) groups excluding carboxylic acids is 1. The van der Waals surface area contributed by atoms with Crippen LogP contribution in [0.25, 0.3) is 0 Å². The summed E-state index contributed by atoms with van der Waals surface area (Å²) in [6.45, 7) is 1.36. The first-order chi connectivity index (χ1) is 12.8. The predicted molar refractivity (Wildman–Crippen MR) is 98.4 cm³/mol. The molecule has 2 aromatic carbocycles. The van der Waals surface area contributed by atoms with E-state index in [1.165, 1.54) is 0 Å². The van der Waals surface area contributed by atoms with Crippen molar-refractivity contribution in [2.75, 3.05) is 13.7 Å². The molecule has 5 nitrogen and oxygen atoms in total. The van der Waals surface area contributed by atoms with E-state index in [9.17, 15) is 4.79 Å². The van der Waals surface area contributed by atoms with Crippen LogP contribution in [-0.4, -0.2) is 37.0 Å². The Morgan fingerprint density at radius 1 is 1.00 bits per heavy atom. The minimum Gasteiger partial charge on any atom is -0.444 e. The van der Waals surface area contributed by atoms with Gasteiger partial charge in [-0.05, 0) is 24.0 Å². The van der Waals surface area contributed by atoms with Crippen LogP contribution in [0.5, 0.6) is 0 Å². The van der Waals surface area contributed by atoms with Gasteiger partial charge in [0.1, 0.15) is 12.7 Å². The van der Waals surface area contributed by atoms with Crippen LogP contribution in [0, 0.1) is 0 Å². The van der Waals surface area contributed by atoms with Gasteiger partial charge in [0.05, 0.1) is 6.61 Å². The molecule has 26 heavy (non-hydrogen) atoms. The molecule has 5 heteroatoms. The molecule has 0 aliphatic carbocycles. The highest BCUT2D eigenvalue weighted by Crippen LogP contribution is 2.23. The first-order valence-electron chi connectivity index (χ1n) is 8.93. The van der Waals surface area contributed by atoms with Crippen molar-refractivity contribution in [1.29, 1.82) is 0 Å². The zero-order chi connectivity index (χ0) is 18.2. The van der Waals surface area contributed by atoms with Crippen molar-refractivity contribution < 1.29 is 19.0 Å². The second-order valence-electron chi connectivity index (χ2n) is 6.34. The molecule has 0 N–H and O–H groups in total. The normalized spacial score (nSPS) is 20.0. The van der Waals surface area contributed by atoms with Gasteiger partial charge in [-0.3, -0.25) is 4.90 Å². The smallest absolute Gasteiger partial charge is 0.412 e. The van der Waals surface area contributed by atoms with Gasteiger partial charge < -0.3 is 14.2 Å². The van der Waals surface area contributed by atoms with E-state index in [-0.39, 0.29) is 18.8 Å². The number of rotatable bonds is 6. The van der Waals surface area contributed by atoms with Gasteiger partial charge >= 0.3 is 6.09 Å². The lowest BCUT2D eigenvalue weighted by Crippen LogP contribution is -2.52. The summed E-state index contributed by atoms with van der Waals surface area (Å²) in [4.78, 5) is 14.2. The first kappa shape index (κ1) is 18.4. The predicted octanol–water partition coefficient (Wildman–Crippen LogP) is 3.98. The summed E-state index contributed by atoms with van der Waals surface area (Å²) < 4.78 is 17.1. The molecule has 138 valence electrons. The maximum Gasteiger partial charge on any atom is 0.412 e. The van der Waals surface area contributed by atoms with Gasteiger partial charge in [-0.1, -0.05) is 60.7 Å². The van der Waals surface area contributed by atoms with Crippen molar-refractivity contribution in [3.63, 3.8) is 0 Å². The van der Waals surface area contributed by atoms with E-state index in [2.05, 4.69) is 0 Å². The average molecular weight is 355 g/mol. The molecule has 0 bridgehead atoms. The number of carbonyl (C=O) groups is 1. The monoisotopic (exact) mass is 355 g/mol. The summed E-state index contributed by atoms with van der Waals surface area (Å²) in [5.74, 6) is 0. The van der Waals surface area contributed by atoms with Crippen LogP contribution in [0.2, 0.25) is 0 Å². The maximum atomic E-state index is 12.5. The van der Waals surface area contributed by atoms with Crippen LogP contribution >= 0.6 is 0 Å². The van der Waals surface area contributed by atoms with Crippen molar-refractivity contribution in [3.8, 4) is 0 Å². The Morgan fingerprint density at radius 2 is 1.62 bits per heavy atom.